The third kappa shape index (κ3) is 2.79. The Labute approximate surface area is 90.3 Å². The molecule has 0 amide bonds. The molecule has 1 aliphatic carbocycles. The Kier molecular flexibility index (Phi) is 3.38. The fraction of sp³-hybridized carbons (Fsp3) is 0.727. The minimum absolute atomic E-state index is 0.145. The number of nitrogens with zero attached hydrogens (tertiary/aromatic N) is 2. The van der Waals surface area contributed by atoms with E-state index >= 15 is 0 Å². The second-order valence-corrected chi connectivity index (χ2v) is 4.29. The van der Waals surface area contributed by atoms with Crippen molar-refractivity contribution >= 4 is 0 Å². The first-order chi connectivity index (χ1) is 7.25. The second kappa shape index (κ2) is 4.77. The second-order valence-electron chi connectivity index (χ2n) is 4.29. The molecule has 0 spiro atoms. The van der Waals surface area contributed by atoms with Crippen LogP contribution in [0, 0.1) is 0 Å². The molecule has 1 aromatic heterocycles. The molecule has 4 heteroatoms. The standard InChI is InChI=1S/C11H19N3O/c1-14-8-6-9(13-14)5-7-12-10-3-2-4-11(10)15/h6,8,10-12,15H,2-5,7H2,1H3/t10-,11-/m1/s1. The van der Waals surface area contributed by atoms with Crippen molar-refractivity contribution < 1.29 is 5.11 Å². The summed E-state index contributed by atoms with van der Waals surface area (Å²) in [4.78, 5) is 0. The van der Waals surface area contributed by atoms with Crippen LogP contribution in [-0.2, 0) is 13.5 Å². The van der Waals surface area contributed by atoms with Gasteiger partial charge in [-0.1, -0.05) is 0 Å². The van der Waals surface area contributed by atoms with E-state index in [9.17, 15) is 5.11 Å². The van der Waals surface area contributed by atoms with Crippen LogP contribution in [0.1, 0.15) is 25.0 Å². The van der Waals surface area contributed by atoms with Gasteiger partial charge < -0.3 is 10.4 Å². The highest BCUT2D eigenvalue weighted by molar-refractivity contribution is 4.99. The zero-order chi connectivity index (χ0) is 10.7. The maximum atomic E-state index is 9.61. The molecule has 0 unspecified atom stereocenters. The van der Waals surface area contributed by atoms with E-state index in [0.717, 1.165) is 37.9 Å². The van der Waals surface area contributed by atoms with Crippen molar-refractivity contribution in [3.05, 3.63) is 18.0 Å². The van der Waals surface area contributed by atoms with Crippen LogP contribution in [0.5, 0.6) is 0 Å². The van der Waals surface area contributed by atoms with Gasteiger partial charge in [0.2, 0.25) is 0 Å². The first kappa shape index (κ1) is 10.6. The van der Waals surface area contributed by atoms with Gasteiger partial charge in [-0.3, -0.25) is 4.68 Å². The Morgan fingerprint density at radius 3 is 3.07 bits per heavy atom. The van der Waals surface area contributed by atoms with Crippen LogP contribution in [0.4, 0.5) is 0 Å². The van der Waals surface area contributed by atoms with E-state index in [1.165, 1.54) is 0 Å². The summed E-state index contributed by atoms with van der Waals surface area (Å²) in [6.07, 6.45) is 5.94. The van der Waals surface area contributed by atoms with Gasteiger partial charge in [0, 0.05) is 32.3 Å². The van der Waals surface area contributed by atoms with E-state index in [0.29, 0.717) is 6.04 Å². The molecule has 2 N–H and O–H groups in total. The van der Waals surface area contributed by atoms with Crippen LogP contribution >= 0.6 is 0 Å². The Hall–Kier alpha value is -0.870. The number of hydrogen-bond donors (Lipinski definition) is 2. The molecule has 1 aliphatic rings. The Balaban J connectivity index is 1.70. The van der Waals surface area contributed by atoms with Gasteiger partial charge in [0.25, 0.3) is 0 Å². The van der Waals surface area contributed by atoms with Crippen LogP contribution in [0.15, 0.2) is 12.3 Å². The molecule has 1 aromatic rings. The zero-order valence-electron chi connectivity index (χ0n) is 9.19. The topological polar surface area (TPSA) is 50.1 Å². The van der Waals surface area contributed by atoms with E-state index in [4.69, 9.17) is 0 Å². The first-order valence-corrected chi connectivity index (χ1v) is 5.65. The number of aromatic nitrogens is 2. The van der Waals surface area contributed by atoms with Gasteiger partial charge in [0.15, 0.2) is 0 Å². The van der Waals surface area contributed by atoms with Crippen LogP contribution in [0.3, 0.4) is 0 Å². The number of rotatable bonds is 4. The molecular weight excluding hydrogens is 190 g/mol. The predicted octanol–water partition coefficient (Wildman–Crippen LogP) is 0.466. The monoisotopic (exact) mass is 209 g/mol. The molecule has 0 radical (unpaired) electrons. The molecule has 2 rings (SSSR count). The summed E-state index contributed by atoms with van der Waals surface area (Å²) < 4.78 is 1.82. The molecule has 0 aliphatic heterocycles. The molecule has 0 saturated heterocycles. The van der Waals surface area contributed by atoms with E-state index in [2.05, 4.69) is 10.4 Å². The van der Waals surface area contributed by atoms with Gasteiger partial charge >= 0.3 is 0 Å². The molecular formula is C11H19N3O. The lowest BCUT2D eigenvalue weighted by atomic mass is 10.2. The summed E-state index contributed by atoms with van der Waals surface area (Å²) in [5.74, 6) is 0. The normalized spacial score (nSPS) is 26.0. The van der Waals surface area contributed by atoms with E-state index in [1.54, 1.807) is 0 Å². The van der Waals surface area contributed by atoms with Crippen molar-refractivity contribution in [2.75, 3.05) is 6.54 Å². The fourth-order valence-electron chi connectivity index (χ4n) is 2.16. The molecule has 15 heavy (non-hydrogen) atoms. The average Bonchev–Trinajstić information content (AvgIpc) is 2.77. The molecule has 1 fully saturated rings. The number of aliphatic hydroxyl groups is 1. The van der Waals surface area contributed by atoms with Crippen molar-refractivity contribution in [2.24, 2.45) is 7.05 Å². The average molecular weight is 209 g/mol. The van der Waals surface area contributed by atoms with Gasteiger partial charge in [-0.15, -0.1) is 0 Å². The highest BCUT2D eigenvalue weighted by Crippen LogP contribution is 2.18. The molecule has 0 bridgehead atoms. The Morgan fingerprint density at radius 1 is 1.60 bits per heavy atom. The van der Waals surface area contributed by atoms with Gasteiger partial charge in [-0.05, 0) is 25.3 Å². The minimum atomic E-state index is -0.145. The third-order valence-corrected chi connectivity index (χ3v) is 3.04. The predicted molar refractivity (Wildman–Crippen MR) is 58.6 cm³/mol. The van der Waals surface area contributed by atoms with Gasteiger partial charge in [0.1, 0.15) is 0 Å². The highest BCUT2D eigenvalue weighted by Gasteiger charge is 2.23. The van der Waals surface area contributed by atoms with Crippen molar-refractivity contribution in [3.63, 3.8) is 0 Å². The zero-order valence-corrected chi connectivity index (χ0v) is 9.19. The van der Waals surface area contributed by atoms with Crippen molar-refractivity contribution in [1.82, 2.24) is 15.1 Å². The number of aliphatic hydroxyl groups excluding tert-OH is 1. The lowest BCUT2D eigenvalue weighted by molar-refractivity contribution is 0.149. The quantitative estimate of drug-likeness (QED) is 0.757. The van der Waals surface area contributed by atoms with Crippen LogP contribution in [0.2, 0.25) is 0 Å². The van der Waals surface area contributed by atoms with Gasteiger partial charge in [-0.2, -0.15) is 5.10 Å². The summed E-state index contributed by atoms with van der Waals surface area (Å²) in [7, 11) is 1.93. The van der Waals surface area contributed by atoms with Crippen molar-refractivity contribution in [2.45, 2.75) is 37.8 Å². The van der Waals surface area contributed by atoms with Crippen molar-refractivity contribution in [1.29, 1.82) is 0 Å². The third-order valence-electron chi connectivity index (χ3n) is 3.04. The highest BCUT2D eigenvalue weighted by atomic mass is 16.3. The molecule has 1 saturated carbocycles. The molecule has 1 heterocycles. The summed E-state index contributed by atoms with van der Waals surface area (Å²) in [5.41, 5.74) is 1.11. The minimum Gasteiger partial charge on any atom is -0.392 e. The summed E-state index contributed by atoms with van der Waals surface area (Å²) in [6.45, 7) is 0.902. The van der Waals surface area contributed by atoms with E-state index < -0.39 is 0 Å². The molecule has 2 atom stereocenters. The summed E-state index contributed by atoms with van der Waals surface area (Å²) in [6, 6.07) is 2.33. The lowest BCUT2D eigenvalue weighted by Gasteiger charge is -2.15. The molecule has 84 valence electrons. The van der Waals surface area contributed by atoms with Crippen molar-refractivity contribution in [3.8, 4) is 0 Å². The number of aryl methyl sites for hydroxylation is 1. The SMILES string of the molecule is Cn1ccc(CCN[C@@H]2CCC[C@H]2O)n1. The first-order valence-electron chi connectivity index (χ1n) is 5.65. The number of nitrogens with one attached hydrogen (secondary N) is 1. The Bertz CT molecular complexity index is 311. The van der Waals surface area contributed by atoms with E-state index in [1.807, 2.05) is 24.0 Å². The largest absolute Gasteiger partial charge is 0.392 e. The maximum absolute atomic E-state index is 9.61. The van der Waals surface area contributed by atoms with Crippen LogP contribution in [-0.4, -0.2) is 33.6 Å². The Morgan fingerprint density at radius 2 is 2.47 bits per heavy atom. The maximum Gasteiger partial charge on any atom is 0.0693 e. The van der Waals surface area contributed by atoms with Gasteiger partial charge in [-0.25, -0.2) is 0 Å². The summed E-state index contributed by atoms with van der Waals surface area (Å²) in [5, 5.41) is 17.3. The smallest absolute Gasteiger partial charge is 0.0693 e. The van der Waals surface area contributed by atoms with Crippen LogP contribution in [0.25, 0.3) is 0 Å². The number of hydrogen-bond acceptors (Lipinski definition) is 3. The summed E-state index contributed by atoms with van der Waals surface area (Å²) >= 11 is 0. The van der Waals surface area contributed by atoms with E-state index in [-0.39, 0.29) is 6.10 Å². The van der Waals surface area contributed by atoms with Gasteiger partial charge in [0.05, 0.1) is 11.8 Å². The van der Waals surface area contributed by atoms with Crippen LogP contribution < -0.4 is 5.32 Å². The fourth-order valence-corrected chi connectivity index (χ4v) is 2.16. The molecule has 0 aromatic carbocycles. The lowest BCUT2D eigenvalue weighted by Crippen LogP contribution is -2.36. The molecule has 4 nitrogen and oxygen atoms in total.